The molecule has 2 heterocycles. The van der Waals surface area contributed by atoms with Gasteiger partial charge in [-0.05, 0) is 94.8 Å². The first-order chi connectivity index (χ1) is 15.3. The minimum atomic E-state index is -0.430. The number of amides is 1. The lowest BCUT2D eigenvalue weighted by atomic mass is 9.71. The molecule has 2 fully saturated rings. The van der Waals surface area contributed by atoms with Gasteiger partial charge in [-0.1, -0.05) is 30.3 Å². The Morgan fingerprint density at radius 1 is 0.875 bits per heavy atom. The predicted octanol–water partition coefficient (Wildman–Crippen LogP) is 6.09. The Labute approximate surface area is 192 Å². The second kappa shape index (κ2) is 9.53. The molecule has 172 valence electrons. The summed E-state index contributed by atoms with van der Waals surface area (Å²) in [5.41, 5.74) is 1.24. The van der Waals surface area contributed by atoms with E-state index in [0.29, 0.717) is 5.41 Å². The van der Waals surface area contributed by atoms with Gasteiger partial charge in [0.2, 0.25) is 0 Å². The molecule has 0 bridgehead atoms. The monoisotopic (exact) mass is 436 g/mol. The van der Waals surface area contributed by atoms with Gasteiger partial charge in [0.1, 0.15) is 17.1 Å². The molecule has 0 atom stereocenters. The predicted molar refractivity (Wildman–Crippen MR) is 127 cm³/mol. The largest absolute Gasteiger partial charge is 0.457 e. The van der Waals surface area contributed by atoms with Crippen molar-refractivity contribution in [1.29, 1.82) is 0 Å². The fourth-order valence-corrected chi connectivity index (χ4v) is 4.77. The van der Waals surface area contributed by atoms with Crippen LogP contribution in [0.15, 0.2) is 54.6 Å². The molecule has 0 aliphatic carbocycles. The summed E-state index contributed by atoms with van der Waals surface area (Å²) in [6.45, 7) is 10.6. The average molecular weight is 437 g/mol. The maximum atomic E-state index is 12.4. The number of nitrogens with zero attached hydrogens (tertiary/aromatic N) is 2. The summed E-state index contributed by atoms with van der Waals surface area (Å²) in [5, 5.41) is 0. The second-order valence-electron chi connectivity index (χ2n) is 10.3. The second-order valence-corrected chi connectivity index (χ2v) is 10.3. The molecule has 5 nitrogen and oxygen atoms in total. The number of hydrogen-bond acceptors (Lipinski definition) is 4. The third-order valence-corrected chi connectivity index (χ3v) is 6.68. The summed E-state index contributed by atoms with van der Waals surface area (Å²) < 4.78 is 11.5. The summed E-state index contributed by atoms with van der Waals surface area (Å²) in [7, 11) is 0. The van der Waals surface area contributed by atoms with E-state index in [-0.39, 0.29) is 6.09 Å². The molecule has 2 aromatic carbocycles. The number of carbonyl (C=O) groups is 1. The van der Waals surface area contributed by atoms with Crippen LogP contribution in [-0.4, -0.2) is 47.7 Å². The minimum absolute atomic E-state index is 0.164. The van der Waals surface area contributed by atoms with Crippen molar-refractivity contribution in [2.75, 3.05) is 26.2 Å². The van der Waals surface area contributed by atoms with Gasteiger partial charge in [0.05, 0.1) is 0 Å². The Morgan fingerprint density at radius 3 is 2.16 bits per heavy atom. The van der Waals surface area contributed by atoms with Crippen LogP contribution in [0.3, 0.4) is 0 Å². The van der Waals surface area contributed by atoms with Crippen LogP contribution >= 0.6 is 0 Å². The highest BCUT2D eigenvalue weighted by Gasteiger charge is 2.39. The van der Waals surface area contributed by atoms with Gasteiger partial charge in [-0.25, -0.2) is 4.79 Å². The van der Waals surface area contributed by atoms with E-state index in [0.717, 1.165) is 57.1 Å². The van der Waals surface area contributed by atoms with Crippen LogP contribution in [0.5, 0.6) is 11.5 Å². The number of para-hydroxylation sites is 1. The number of hydrogen-bond donors (Lipinski definition) is 0. The van der Waals surface area contributed by atoms with Crippen molar-refractivity contribution in [3.8, 4) is 11.5 Å². The standard InChI is InChI=1S/C27H36N2O3/c1-26(2,3)32-25(30)29-18-14-27(15-19-29)12-16-28(17-13-27)21-22-8-7-11-24(20-22)31-23-9-5-4-6-10-23/h4-11,20H,12-19,21H2,1-3H3. The van der Waals surface area contributed by atoms with E-state index in [9.17, 15) is 4.79 Å². The molecule has 2 aromatic rings. The van der Waals surface area contributed by atoms with Gasteiger partial charge < -0.3 is 14.4 Å². The van der Waals surface area contributed by atoms with Crippen LogP contribution in [0.4, 0.5) is 4.79 Å². The number of benzene rings is 2. The topological polar surface area (TPSA) is 42.0 Å². The van der Waals surface area contributed by atoms with Crippen LogP contribution in [0.2, 0.25) is 0 Å². The summed E-state index contributed by atoms with van der Waals surface area (Å²) in [5.74, 6) is 1.75. The first kappa shape index (κ1) is 22.7. The first-order valence-electron chi connectivity index (χ1n) is 11.8. The SMILES string of the molecule is CC(C)(C)OC(=O)N1CCC2(CCN(Cc3cccc(Oc4ccccc4)c3)CC2)CC1. The zero-order chi connectivity index (χ0) is 22.6. The third-order valence-electron chi connectivity index (χ3n) is 6.68. The maximum Gasteiger partial charge on any atom is 0.410 e. The Morgan fingerprint density at radius 2 is 1.50 bits per heavy atom. The zero-order valence-electron chi connectivity index (χ0n) is 19.7. The van der Waals surface area contributed by atoms with E-state index < -0.39 is 5.60 Å². The number of likely N-dealkylation sites (tertiary alicyclic amines) is 2. The van der Waals surface area contributed by atoms with Crippen LogP contribution in [0, 0.1) is 5.41 Å². The average Bonchev–Trinajstić information content (AvgIpc) is 2.76. The molecule has 0 unspecified atom stereocenters. The van der Waals surface area contributed by atoms with Crippen molar-refractivity contribution >= 4 is 6.09 Å². The lowest BCUT2D eigenvalue weighted by molar-refractivity contribution is -0.00312. The van der Waals surface area contributed by atoms with Crippen molar-refractivity contribution in [3.63, 3.8) is 0 Å². The van der Waals surface area contributed by atoms with Crippen molar-refractivity contribution in [1.82, 2.24) is 9.80 Å². The van der Waals surface area contributed by atoms with Gasteiger partial charge in [-0.15, -0.1) is 0 Å². The molecule has 2 aliphatic rings. The summed E-state index contributed by atoms with van der Waals surface area (Å²) in [6, 6.07) is 18.3. The molecule has 5 heteroatoms. The summed E-state index contributed by atoms with van der Waals surface area (Å²) in [4.78, 5) is 16.8. The van der Waals surface area contributed by atoms with E-state index in [4.69, 9.17) is 9.47 Å². The highest BCUT2D eigenvalue weighted by molar-refractivity contribution is 5.68. The molecule has 1 spiro atoms. The number of ether oxygens (including phenoxy) is 2. The highest BCUT2D eigenvalue weighted by Crippen LogP contribution is 2.41. The van der Waals surface area contributed by atoms with E-state index in [1.54, 1.807) is 0 Å². The van der Waals surface area contributed by atoms with Crippen LogP contribution in [-0.2, 0) is 11.3 Å². The third kappa shape index (κ3) is 6.04. The fraction of sp³-hybridized carbons (Fsp3) is 0.519. The lowest BCUT2D eigenvalue weighted by Crippen LogP contribution is -2.49. The van der Waals surface area contributed by atoms with Crippen molar-refractivity contribution in [2.24, 2.45) is 5.41 Å². The van der Waals surface area contributed by atoms with Gasteiger partial charge in [-0.2, -0.15) is 0 Å². The Bertz CT molecular complexity index is 889. The minimum Gasteiger partial charge on any atom is -0.457 e. The smallest absolute Gasteiger partial charge is 0.410 e. The van der Waals surface area contributed by atoms with Gasteiger partial charge in [0.25, 0.3) is 0 Å². The fourth-order valence-electron chi connectivity index (χ4n) is 4.77. The van der Waals surface area contributed by atoms with Gasteiger partial charge in [0.15, 0.2) is 0 Å². The number of carbonyl (C=O) groups excluding carboxylic acids is 1. The van der Waals surface area contributed by atoms with Crippen LogP contribution < -0.4 is 4.74 Å². The van der Waals surface area contributed by atoms with E-state index in [2.05, 4.69) is 23.1 Å². The van der Waals surface area contributed by atoms with Gasteiger partial charge in [0, 0.05) is 19.6 Å². The molecule has 2 saturated heterocycles. The maximum absolute atomic E-state index is 12.4. The van der Waals surface area contributed by atoms with Crippen molar-refractivity contribution in [3.05, 3.63) is 60.2 Å². The molecule has 0 N–H and O–H groups in total. The van der Waals surface area contributed by atoms with Gasteiger partial charge >= 0.3 is 6.09 Å². The Hall–Kier alpha value is -2.53. The molecule has 32 heavy (non-hydrogen) atoms. The normalized spacial score (nSPS) is 19.0. The quantitative estimate of drug-likeness (QED) is 0.581. The Balaban J connectivity index is 1.26. The van der Waals surface area contributed by atoms with E-state index in [1.807, 2.05) is 62.1 Å². The molecule has 2 aliphatic heterocycles. The number of piperidine rings is 2. The molecule has 4 rings (SSSR count). The van der Waals surface area contributed by atoms with Gasteiger partial charge in [-0.3, -0.25) is 4.90 Å². The molecule has 1 amide bonds. The van der Waals surface area contributed by atoms with Crippen LogP contribution in [0.25, 0.3) is 0 Å². The zero-order valence-corrected chi connectivity index (χ0v) is 19.7. The number of rotatable bonds is 4. The molecule has 0 saturated carbocycles. The molecular weight excluding hydrogens is 400 g/mol. The van der Waals surface area contributed by atoms with E-state index >= 15 is 0 Å². The molecule has 0 aromatic heterocycles. The van der Waals surface area contributed by atoms with Crippen LogP contribution in [0.1, 0.15) is 52.0 Å². The Kier molecular flexibility index (Phi) is 6.75. The summed E-state index contributed by atoms with van der Waals surface area (Å²) in [6.07, 6.45) is 4.41. The first-order valence-corrected chi connectivity index (χ1v) is 11.8. The molecule has 0 radical (unpaired) electrons. The highest BCUT2D eigenvalue weighted by atomic mass is 16.6. The van der Waals surface area contributed by atoms with Crippen molar-refractivity contribution < 1.29 is 14.3 Å². The summed E-state index contributed by atoms with van der Waals surface area (Å²) >= 11 is 0. The van der Waals surface area contributed by atoms with E-state index in [1.165, 1.54) is 18.4 Å². The van der Waals surface area contributed by atoms with Crippen molar-refractivity contribution in [2.45, 2.75) is 58.6 Å². The lowest BCUT2D eigenvalue weighted by Gasteiger charge is -2.46. The molecular formula is C27H36N2O3.